The summed E-state index contributed by atoms with van der Waals surface area (Å²) in [6.07, 6.45) is 6.14. The molecule has 0 bridgehead atoms. The maximum Gasteiger partial charge on any atom is 0.0611 e. The summed E-state index contributed by atoms with van der Waals surface area (Å²) in [7, 11) is 4.45. The molecule has 1 aliphatic heterocycles. The Hall–Kier alpha value is -0.160. The lowest BCUT2D eigenvalue weighted by molar-refractivity contribution is 0.113. The number of hydrogen-bond donors (Lipinski definition) is 2. The number of aliphatic hydroxyl groups excluding tert-OH is 1. The quantitative estimate of drug-likeness (QED) is 0.720. The third kappa shape index (κ3) is 4.71. The lowest BCUT2D eigenvalue weighted by Gasteiger charge is -2.37. The zero-order chi connectivity index (χ0) is 13.9. The molecule has 1 aliphatic carbocycles. The van der Waals surface area contributed by atoms with E-state index >= 15 is 0 Å². The highest BCUT2D eigenvalue weighted by Gasteiger charge is 2.32. The highest BCUT2D eigenvalue weighted by molar-refractivity contribution is 4.93. The zero-order valence-corrected chi connectivity index (χ0v) is 12.9. The predicted octanol–water partition coefficient (Wildman–Crippen LogP) is 0.906. The van der Waals surface area contributed by atoms with Crippen molar-refractivity contribution in [1.29, 1.82) is 0 Å². The molecule has 0 radical (unpaired) electrons. The minimum atomic E-state index is -0.0963. The first kappa shape index (κ1) is 15.2. The van der Waals surface area contributed by atoms with E-state index in [1.54, 1.807) is 0 Å². The monoisotopic (exact) mass is 269 g/mol. The average Bonchev–Trinajstić information content (AvgIpc) is 3.21. The molecule has 4 heteroatoms. The van der Waals surface area contributed by atoms with E-state index in [-0.39, 0.29) is 12.1 Å². The van der Waals surface area contributed by atoms with Crippen LogP contribution in [-0.4, -0.2) is 72.9 Å². The number of aliphatic hydroxyl groups is 1. The summed E-state index contributed by atoms with van der Waals surface area (Å²) in [6.45, 7) is 5.91. The van der Waals surface area contributed by atoms with Crippen molar-refractivity contribution in [2.75, 3.05) is 40.3 Å². The van der Waals surface area contributed by atoms with Gasteiger partial charge in [0.2, 0.25) is 0 Å². The first-order chi connectivity index (χ1) is 9.02. The Labute approximate surface area is 118 Å². The molecule has 0 amide bonds. The first-order valence-electron chi connectivity index (χ1n) is 7.80. The molecule has 2 aliphatic rings. The maximum absolute atomic E-state index is 9.63. The lowest BCUT2D eigenvalue weighted by atomic mass is 9.97. The van der Waals surface area contributed by atoms with E-state index < -0.39 is 0 Å². The Morgan fingerprint density at radius 1 is 1.26 bits per heavy atom. The van der Waals surface area contributed by atoms with Gasteiger partial charge in [-0.25, -0.2) is 0 Å². The maximum atomic E-state index is 9.63. The van der Waals surface area contributed by atoms with Crippen molar-refractivity contribution < 1.29 is 5.11 Å². The van der Waals surface area contributed by atoms with Crippen molar-refractivity contribution in [2.24, 2.45) is 0 Å². The molecule has 112 valence electrons. The van der Waals surface area contributed by atoms with Crippen LogP contribution in [0.5, 0.6) is 0 Å². The number of nitrogens with one attached hydrogen (secondary N) is 1. The second kappa shape index (κ2) is 6.53. The Morgan fingerprint density at radius 3 is 2.42 bits per heavy atom. The van der Waals surface area contributed by atoms with Crippen molar-refractivity contribution in [3.8, 4) is 0 Å². The molecule has 0 aromatic carbocycles. The minimum absolute atomic E-state index is 0.0963. The summed E-state index contributed by atoms with van der Waals surface area (Å²) in [5.74, 6) is 0. The SMILES string of the molecule is CN1CCC(N(C)CCC(C)(CO)NC2CC2)CC1. The van der Waals surface area contributed by atoms with E-state index in [2.05, 4.69) is 36.1 Å². The summed E-state index contributed by atoms with van der Waals surface area (Å²) >= 11 is 0. The molecular weight excluding hydrogens is 238 g/mol. The molecule has 4 nitrogen and oxygen atoms in total. The smallest absolute Gasteiger partial charge is 0.0611 e. The Morgan fingerprint density at radius 2 is 1.89 bits per heavy atom. The van der Waals surface area contributed by atoms with Crippen LogP contribution in [0.15, 0.2) is 0 Å². The lowest BCUT2D eigenvalue weighted by Crippen LogP contribution is -2.50. The van der Waals surface area contributed by atoms with Gasteiger partial charge in [-0.2, -0.15) is 0 Å². The second-order valence-corrected chi connectivity index (χ2v) is 6.90. The van der Waals surface area contributed by atoms with Crippen LogP contribution in [0.3, 0.4) is 0 Å². The first-order valence-corrected chi connectivity index (χ1v) is 7.80. The fraction of sp³-hybridized carbons (Fsp3) is 1.00. The molecule has 2 N–H and O–H groups in total. The van der Waals surface area contributed by atoms with Crippen molar-refractivity contribution in [2.45, 2.75) is 56.7 Å². The molecule has 1 atom stereocenters. The fourth-order valence-electron chi connectivity index (χ4n) is 2.96. The molecule has 1 heterocycles. The molecule has 2 rings (SSSR count). The average molecular weight is 269 g/mol. The highest BCUT2D eigenvalue weighted by atomic mass is 16.3. The van der Waals surface area contributed by atoms with Gasteiger partial charge in [-0.05, 0) is 72.8 Å². The normalized spacial score (nSPS) is 25.7. The standard InChI is InChI=1S/C15H31N3O/c1-15(12-19,16-13-4-5-13)8-11-18(3)14-6-9-17(2)10-7-14/h13-14,16,19H,4-12H2,1-3H3. The number of hydrogen-bond acceptors (Lipinski definition) is 4. The van der Waals surface area contributed by atoms with Crippen molar-refractivity contribution >= 4 is 0 Å². The van der Waals surface area contributed by atoms with Gasteiger partial charge in [0.25, 0.3) is 0 Å². The molecule has 19 heavy (non-hydrogen) atoms. The topological polar surface area (TPSA) is 38.7 Å². The van der Waals surface area contributed by atoms with E-state index in [4.69, 9.17) is 0 Å². The van der Waals surface area contributed by atoms with Crippen molar-refractivity contribution in [3.63, 3.8) is 0 Å². The molecule has 1 saturated heterocycles. The second-order valence-electron chi connectivity index (χ2n) is 6.90. The van der Waals surface area contributed by atoms with Gasteiger partial charge in [0, 0.05) is 17.6 Å². The van der Waals surface area contributed by atoms with Gasteiger partial charge in [0.05, 0.1) is 6.61 Å². The van der Waals surface area contributed by atoms with E-state index in [1.807, 2.05) is 0 Å². The van der Waals surface area contributed by atoms with Crippen LogP contribution >= 0.6 is 0 Å². The van der Waals surface area contributed by atoms with Crippen molar-refractivity contribution in [1.82, 2.24) is 15.1 Å². The van der Waals surface area contributed by atoms with Crippen LogP contribution in [0.1, 0.15) is 39.0 Å². The highest BCUT2D eigenvalue weighted by Crippen LogP contribution is 2.24. The van der Waals surface area contributed by atoms with Crippen LogP contribution in [0.25, 0.3) is 0 Å². The van der Waals surface area contributed by atoms with E-state index in [1.165, 1.54) is 38.8 Å². The summed E-state index contributed by atoms with van der Waals surface area (Å²) in [5, 5.41) is 13.2. The van der Waals surface area contributed by atoms with Gasteiger partial charge in [-0.15, -0.1) is 0 Å². The molecular formula is C15H31N3O. The van der Waals surface area contributed by atoms with Crippen LogP contribution in [0, 0.1) is 0 Å². The molecule has 2 fully saturated rings. The molecule has 1 saturated carbocycles. The number of piperidine rings is 1. The van der Waals surface area contributed by atoms with E-state index in [0.29, 0.717) is 6.04 Å². The third-order valence-electron chi connectivity index (χ3n) is 4.81. The number of nitrogens with zero attached hydrogens (tertiary/aromatic N) is 2. The van der Waals surface area contributed by atoms with Gasteiger partial charge in [-0.1, -0.05) is 0 Å². The van der Waals surface area contributed by atoms with Gasteiger partial charge in [-0.3, -0.25) is 0 Å². The van der Waals surface area contributed by atoms with Gasteiger partial charge >= 0.3 is 0 Å². The largest absolute Gasteiger partial charge is 0.394 e. The Kier molecular flexibility index (Phi) is 5.23. The number of rotatable bonds is 7. The molecule has 0 aromatic heterocycles. The van der Waals surface area contributed by atoms with Crippen molar-refractivity contribution in [3.05, 3.63) is 0 Å². The molecule has 0 aromatic rings. The van der Waals surface area contributed by atoms with E-state index in [9.17, 15) is 5.11 Å². The summed E-state index contributed by atoms with van der Waals surface area (Å²) in [4.78, 5) is 4.91. The Balaban J connectivity index is 1.73. The summed E-state index contributed by atoms with van der Waals surface area (Å²) < 4.78 is 0. The van der Waals surface area contributed by atoms with Crippen LogP contribution in [-0.2, 0) is 0 Å². The Bertz CT molecular complexity index is 275. The third-order valence-corrected chi connectivity index (χ3v) is 4.81. The van der Waals surface area contributed by atoms with Gasteiger partial charge < -0.3 is 20.2 Å². The van der Waals surface area contributed by atoms with Crippen LogP contribution in [0.4, 0.5) is 0 Å². The zero-order valence-electron chi connectivity index (χ0n) is 12.9. The van der Waals surface area contributed by atoms with Crippen LogP contribution < -0.4 is 5.32 Å². The van der Waals surface area contributed by atoms with Gasteiger partial charge in [0.1, 0.15) is 0 Å². The summed E-state index contributed by atoms with van der Waals surface area (Å²) in [6, 6.07) is 1.38. The molecule has 0 spiro atoms. The molecule has 1 unspecified atom stereocenters. The predicted molar refractivity (Wildman–Crippen MR) is 79.4 cm³/mol. The fourth-order valence-corrected chi connectivity index (χ4v) is 2.96. The summed E-state index contributed by atoms with van der Waals surface area (Å²) in [5.41, 5.74) is -0.0963. The minimum Gasteiger partial charge on any atom is -0.394 e. The number of likely N-dealkylation sites (tertiary alicyclic amines) is 1. The van der Waals surface area contributed by atoms with E-state index in [0.717, 1.165) is 19.0 Å². The van der Waals surface area contributed by atoms with Gasteiger partial charge in [0.15, 0.2) is 0 Å². The van der Waals surface area contributed by atoms with Crippen LogP contribution in [0.2, 0.25) is 0 Å².